The predicted octanol–water partition coefficient (Wildman–Crippen LogP) is 1.90. The Bertz CT molecular complexity index is 222. The van der Waals surface area contributed by atoms with Gasteiger partial charge in [-0.25, -0.2) is 0 Å². The number of nitrogens with zero attached hydrogens (tertiary/aromatic N) is 1. The van der Waals surface area contributed by atoms with Crippen molar-refractivity contribution in [2.24, 2.45) is 5.73 Å². The zero-order valence-corrected chi connectivity index (χ0v) is 10.3. The minimum atomic E-state index is -0.670. The smallest absolute Gasteiger partial charge is 0.242 e. The molecule has 0 bridgehead atoms. The Balaban J connectivity index is 2.58. The molecule has 2 N–H and O–H groups in total. The van der Waals surface area contributed by atoms with Crippen molar-refractivity contribution in [2.75, 3.05) is 6.54 Å². The Morgan fingerprint density at radius 1 is 1.47 bits per heavy atom. The number of carbonyl (C=O) groups excluding carboxylic acids is 1. The lowest BCUT2D eigenvalue weighted by Crippen LogP contribution is -2.53. The van der Waals surface area contributed by atoms with Gasteiger partial charge in [-0.1, -0.05) is 20.3 Å². The number of carbonyl (C=O) groups is 1. The molecule has 1 rings (SSSR count). The molecule has 3 nitrogen and oxygen atoms in total. The molecule has 0 radical (unpaired) electrons. The highest BCUT2D eigenvalue weighted by molar-refractivity contribution is 5.86. The number of nitrogens with two attached hydrogens (primary N) is 1. The molecule has 1 aliphatic carbocycles. The molecule has 0 aromatic rings. The van der Waals surface area contributed by atoms with Gasteiger partial charge in [0, 0.05) is 12.6 Å². The summed E-state index contributed by atoms with van der Waals surface area (Å²) in [5.41, 5.74) is 5.34. The summed E-state index contributed by atoms with van der Waals surface area (Å²) in [6, 6.07) is 0.485. The molecule has 1 atom stereocenters. The lowest BCUT2D eigenvalue weighted by atomic mass is 9.98. The van der Waals surface area contributed by atoms with E-state index >= 15 is 0 Å². The Hall–Kier alpha value is -0.570. The fraction of sp³-hybridized carbons (Fsp3) is 0.917. The highest BCUT2D eigenvalue weighted by atomic mass is 16.2. The van der Waals surface area contributed by atoms with Gasteiger partial charge in [0.05, 0.1) is 5.54 Å². The van der Waals surface area contributed by atoms with Crippen LogP contribution in [-0.4, -0.2) is 28.9 Å². The maximum absolute atomic E-state index is 12.2. The number of hydrogen-bond acceptors (Lipinski definition) is 2. The number of rotatable bonds is 6. The highest BCUT2D eigenvalue weighted by Gasteiger charge is 2.38. The van der Waals surface area contributed by atoms with E-state index in [0.717, 1.165) is 32.2 Å². The van der Waals surface area contributed by atoms with Gasteiger partial charge < -0.3 is 10.6 Å². The van der Waals surface area contributed by atoms with Gasteiger partial charge in [-0.15, -0.1) is 0 Å². The molecule has 0 aromatic heterocycles. The minimum absolute atomic E-state index is 0.140. The topological polar surface area (TPSA) is 46.3 Å². The van der Waals surface area contributed by atoms with Gasteiger partial charge in [0.25, 0.3) is 0 Å². The summed E-state index contributed by atoms with van der Waals surface area (Å²) in [7, 11) is 0. The van der Waals surface area contributed by atoms with E-state index in [1.165, 1.54) is 0 Å². The van der Waals surface area contributed by atoms with E-state index in [-0.39, 0.29) is 5.91 Å². The molecule has 88 valence electrons. The maximum Gasteiger partial charge on any atom is 0.242 e. The van der Waals surface area contributed by atoms with Crippen LogP contribution >= 0.6 is 0 Å². The molecule has 1 aliphatic rings. The predicted molar refractivity (Wildman–Crippen MR) is 62.5 cm³/mol. The first-order valence-electron chi connectivity index (χ1n) is 6.13. The molecule has 0 heterocycles. The van der Waals surface area contributed by atoms with Gasteiger partial charge in [-0.2, -0.15) is 0 Å². The summed E-state index contributed by atoms with van der Waals surface area (Å²) in [6.45, 7) is 6.85. The minimum Gasteiger partial charge on any atom is -0.338 e. The number of amides is 1. The van der Waals surface area contributed by atoms with Crippen LogP contribution in [0.4, 0.5) is 0 Å². The molecule has 1 saturated carbocycles. The van der Waals surface area contributed by atoms with Crippen LogP contribution in [0.25, 0.3) is 0 Å². The van der Waals surface area contributed by atoms with Crippen LogP contribution in [0.3, 0.4) is 0 Å². The standard InChI is InChI=1S/C12H24N2O/c1-4-6-9-14(10-7-8-10)11(15)12(3,13)5-2/h10H,4-9,13H2,1-3H3. The molecule has 0 aromatic carbocycles. The van der Waals surface area contributed by atoms with Crippen molar-refractivity contribution in [3.8, 4) is 0 Å². The van der Waals surface area contributed by atoms with Crippen molar-refractivity contribution in [1.29, 1.82) is 0 Å². The van der Waals surface area contributed by atoms with E-state index in [2.05, 4.69) is 6.92 Å². The fourth-order valence-electron chi connectivity index (χ4n) is 1.64. The van der Waals surface area contributed by atoms with Crippen LogP contribution in [0, 0.1) is 0 Å². The van der Waals surface area contributed by atoms with Gasteiger partial charge in [0.2, 0.25) is 5.91 Å². The Morgan fingerprint density at radius 3 is 2.47 bits per heavy atom. The first-order chi connectivity index (χ1) is 7.03. The maximum atomic E-state index is 12.2. The van der Waals surface area contributed by atoms with Gasteiger partial charge in [-0.3, -0.25) is 4.79 Å². The second kappa shape index (κ2) is 4.97. The third-order valence-corrected chi connectivity index (χ3v) is 3.22. The number of hydrogen-bond donors (Lipinski definition) is 1. The molecule has 0 saturated heterocycles. The van der Waals surface area contributed by atoms with Crippen LogP contribution in [0.2, 0.25) is 0 Å². The summed E-state index contributed by atoms with van der Waals surface area (Å²) in [4.78, 5) is 14.2. The van der Waals surface area contributed by atoms with Crippen molar-refractivity contribution in [1.82, 2.24) is 4.90 Å². The van der Waals surface area contributed by atoms with Crippen molar-refractivity contribution in [2.45, 2.75) is 64.5 Å². The van der Waals surface area contributed by atoms with Gasteiger partial charge >= 0.3 is 0 Å². The Morgan fingerprint density at radius 2 is 2.07 bits per heavy atom. The van der Waals surface area contributed by atoms with Crippen LogP contribution in [0.5, 0.6) is 0 Å². The average molecular weight is 212 g/mol. The second-order valence-corrected chi connectivity index (χ2v) is 4.85. The van der Waals surface area contributed by atoms with E-state index in [1.807, 2.05) is 18.7 Å². The lowest BCUT2D eigenvalue weighted by Gasteiger charge is -2.31. The molecule has 1 amide bonds. The van der Waals surface area contributed by atoms with Crippen LogP contribution < -0.4 is 5.73 Å². The quantitative estimate of drug-likeness (QED) is 0.731. The Kier molecular flexibility index (Phi) is 4.14. The molecule has 0 aliphatic heterocycles. The third-order valence-electron chi connectivity index (χ3n) is 3.22. The van der Waals surface area contributed by atoms with Crippen LogP contribution in [-0.2, 0) is 4.79 Å². The summed E-state index contributed by atoms with van der Waals surface area (Å²) < 4.78 is 0. The van der Waals surface area contributed by atoms with Gasteiger partial charge in [0.15, 0.2) is 0 Å². The number of unbranched alkanes of at least 4 members (excludes halogenated alkanes) is 1. The van der Waals surface area contributed by atoms with Crippen molar-refractivity contribution >= 4 is 5.91 Å². The molecule has 0 spiro atoms. The second-order valence-electron chi connectivity index (χ2n) is 4.85. The van der Waals surface area contributed by atoms with E-state index in [4.69, 9.17) is 5.73 Å². The molecule has 15 heavy (non-hydrogen) atoms. The van der Waals surface area contributed by atoms with Gasteiger partial charge in [0.1, 0.15) is 0 Å². The summed E-state index contributed by atoms with van der Waals surface area (Å²) >= 11 is 0. The van der Waals surface area contributed by atoms with Crippen LogP contribution in [0.1, 0.15) is 52.9 Å². The van der Waals surface area contributed by atoms with Crippen molar-refractivity contribution < 1.29 is 4.79 Å². The SMILES string of the molecule is CCCCN(C(=O)C(C)(N)CC)C1CC1. The Labute approximate surface area is 93.0 Å². The zero-order valence-electron chi connectivity index (χ0n) is 10.3. The van der Waals surface area contributed by atoms with E-state index in [9.17, 15) is 4.79 Å². The lowest BCUT2D eigenvalue weighted by molar-refractivity contribution is -0.137. The highest BCUT2D eigenvalue weighted by Crippen LogP contribution is 2.29. The molecular weight excluding hydrogens is 188 g/mol. The monoisotopic (exact) mass is 212 g/mol. The third kappa shape index (κ3) is 3.20. The molecule has 1 unspecified atom stereocenters. The van der Waals surface area contributed by atoms with Crippen LogP contribution in [0.15, 0.2) is 0 Å². The first-order valence-corrected chi connectivity index (χ1v) is 6.13. The van der Waals surface area contributed by atoms with E-state index in [0.29, 0.717) is 12.5 Å². The zero-order chi connectivity index (χ0) is 11.5. The van der Waals surface area contributed by atoms with Crippen molar-refractivity contribution in [3.63, 3.8) is 0 Å². The van der Waals surface area contributed by atoms with E-state index < -0.39 is 5.54 Å². The molecular formula is C12H24N2O. The normalized spacial score (nSPS) is 19.7. The van der Waals surface area contributed by atoms with Gasteiger partial charge in [-0.05, 0) is 32.6 Å². The van der Waals surface area contributed by atoms with E-state index in [1.54, 1.807) is 0 Å². The molecule has 1 fully saturated rings. The van der Waals surface area contributed by atoms with Crippen molar-refractivity contribution in [3.05, 3.63) is 0 Å². The average Bonchev–Trinajstić information content (AvgIpc) is 3.02. The molecule has 3 heteroatoms. The largest absolute Gasteiger partial charge is 0.338 e. The summed E-state index contributed by atoms with van der Waals surface area (Å²) in [5, 5.41) is 0. The fourth-order valence-corrected chi connectivity index (χ4v) is 1.64. The summed E-state index contributed by atoms with van der Waals surface area (Å²) in [5.74, 6) is 0.140. The summed E-state index contributed by atoms with van der Waals surface area (Å²) in [6.07, 6.45) is 5.25. The first kappa shape index (κ1) is 12.5.